The topological polar surface area (TPSA) is 105 Å². The quantitative estimate of drug-likeness (QED) is 0.533. The number of allylic oxidation sites excluding steroid dienone is 3. The van der Waals surface area contributed by atoms with Crippen LogP contribution in [0.5, 0.6) is 0 Å². The van der Waals surface area contributed by atoms with Gasteiger partial charge in [-0.25, -0.2) is 0 Å². The van der Waals surface area contributed by atoms with Crippen molar-refractivity contribution in [2.45, 2.75) is 63.8 Å². The van der Waals surface area contributed by atoms with E-state index >= 15 is 0 Å². The normalized spacial score (nSPS) is 32.5. The van der Waals surface area contributed by atoms with Crippen LogP contribution in [-0.4, -0.2) is 64.7 Å². The Balaban J connectivity index is 1.72. The molecule has 176 valence electrons. The van der Waals surface area contributed by atoms with E-state index in [4.69, 9.17) is 25.8 Å². The van der Waals surface area contributed by atoms with Crippen LogP contribution >= 0.6 is 22.9 Å². The molecule has 2 fully saturated rings. The number of rotatable bonds is 6. The van der Waals surface area contributed by atoms with E-state index in [2.05, 4.69) is 6.58 Å². The van der Waals surface area contributed by atoms with Crippen molar-refractivity contribution in [3.8, 4) is 0 Å². The molecule has 0 unspecified atom stereocenters. The predicted molar refractivity (Wildman–Crippen MR) is 121 cm³/mol. The lowest BCUT2D eigenvalue weighted by atomic mass is 9.87. The van der Waals surface area contributed by atoms with E-state index in [0.29, 0.717) is 29.2 Å². The molecule has 5 atom stereocenters. The lowest BCUT2D eigenvalue weighted by molar-refractivity contribution is -0.328. The minimum absolute atomic E-state index is 0.0949. The van der Waals surface area contributed by atoms with Crippen LogP contribution in [0.4, 0.5) is 0 Å². The molecule has 9 heteroatoms. The Kier molecular flexibility index (Phi) is 7.98. The van der Waals surface area contributed by atoms with Crippen LogP contribution in [-0.2, 0) is 31.8 Å². The maximum absolute atomic E-state index is 11.7. The molecule has 0 aliphatic carbocycles. The summed E-state index contributed by atoms with van der Waals surface area (Å²) in [6.45, 7) is 9.74. The van der Waals surface area contributed by atoms with Gasteiger partial charge in [-0.1, -0.05) is 18.2 Å². The Morgan fingerprint density at radius 3 is 2.62 bits per heavy atom. The molecule has 2 saturated heterocycles. The molecule has 7 nitrogen and oxygen atoms in total. The highest BCUT2D eigenvalue weighted by molar-refractivity contribution is 7.12. The van der Waals surface area contributed by atoms with Gasteiger partial charge in [-0.15, -0.1) is 11.3 Å². The van der Waals surface area contributed by atoms with E-state index in [9.17, 15) is 20.1 Å². The number of carbonyl (C=O) groups is 1. The minimum atomic E-state index is -1.62. The Labute approximate surface area is 196 Å². The first-order valence-electron chi connectivity index (χ1n) is 10.4. The molecule has 1 spiro atoms. The zero-order valence-electron chi connectivity index (χ0n) is 18.3. The number of carbonyl (C=O) groups excluding carboxylic acids is 1. The van der Waals surface area contributed by atoms with Gasteiger partial charge < -0.3 is 29.5 Å². The fraction of sp³-hybridized carbons (Fsp3) is 0.522. The van der Waals surface area contributed by atoms with E-state index in [0.717, 1.165) is 15.3 Å². The van der Waals surface area contributed by atoms with Gasteiger partial charge in [0.1, 0.15) is 18.3 Å². The van der Waals surface area contributed by atoms with Crippen molar-refractivity contribution >= 4 is 28.9 Å². The summed E-state index contributed by atoms with van der Waals surface area (Å²) in [5, 5.41) is 31.2. The lowest BCUT2D eigenvalue weighted by Crippen LogP contribution is -2.64. The summed E-state index contributed by atoms with van der Waals surface area (Å²) in [4.78, 5) is 13.6. The maximum atomic E-state index is 11.7. The summed E-state index contributed by atoms with van der Waals surface area (Å²) in [6.07, 6.45) is -2.32. The number of hydrogen-bond acceptors (Lipinski definition) is 8. The van der Waals surface area contributed by atoms with Gasteiger partial charge >= 0.3 is 5.97 Å². The molecule has 0 bridgehead atoms. The lowest BCUT2D eigenvalue weighted by Gasteiger charge is -2.45. The van der Waals surface area contributed by atoms with Crippen molar-refractivity contribution in [2.75, 3.05) is 13.2 Å². The molecule has 0 aromatic carbocycles. The first kappa shape index (κ1) is 25.1. The first-order valence-corrected chi connectivity index (χ1v) is 11.6. The Morgan fingerprint density at radius 1 is 1.31 bits per heavy atom. The fourth-order valence-corrected chi connectivity index (χ4v) is 5.06. The number of hydrogen-bond donors (Lipinski definition) is 3. The van der Waals surface area contributed by atoms with Gasteiger partial charge in [0.05, 0.1) is 25.7 Å². The molecule has 2 aliphatic rings. The zero-order valence-corrected chi connectivity index (χ0v) is 19.9. The number of aliphatic hydroxyl groups excluding tert-OH is 3. The third kappa shape index (κ3) is 5.02. The smallest absolute Gasteiger partial charge is 0.311 e. The fourth-order valence-electron chi connectivity index (χ4n) is 3.77. The molecular weight excluding hydrogens is 456 g/mol. The Morgan fingerprint density at radius 2 is 1.97 bits per heavy atom. The van der Waals surface area contributed by atoms with Crippen molar-refractivity contribution in [1.29, 1.82) is 0 Å². The number of esters is 1. The molecule has 2 aliphatic heterocycles. The van der Waals surface area contributed by atoms with Gasteiger partial charge in [0.25, 0.3) is 0 Å². The van der Waals surface area contributed by atoms with Gasteiger partial charge in [0.2, 0.25) is 5.79 Å². The van der Waals surface area contributed by atoms with E-state index < -0.39 is 30.2 Å². The molecule has 0 radical (unpaired) electrons. The molecule has 32 heavy (non-hydrogen) atoms. The SMILES string of the molecule is C=C1/C(=C\C(Cl)=C(/C)Cc2ccc(CC(=O)OCC)s2)CO[C@]12O[C@H](C)[C@@H](O)[C@H](O)[C@H]2O. The summed E-state index contributed by atoms with van der Waals surface area (Å²) in [5.74, 6) is -1.87. The monoisotopic (exact) mass is 484 g/mol. The van der Waals surface area contributed by atoms with Crippen LogP contribution < -0.4 is 0 Å². The zero-order chi connectivity index (χ0) is 23.6. The van der Waals surface area contributed by atoms with Gasteiger partial charge in [0, 0.05) is 26.8 Å². The van der Waals surface area contributed by atoms with E-state index in [1.54, 1.807) is 19.9 Å². The average Bonchev–Trinajstić information content (AvgIpc) is 3.30. The number of thiophene rings is 1. The van der Waals surface area contributed by atoms with Crippen LogP contribution in [0.25, 0.3) is 0 Å². The number of aliphatic hydroxyl groups is 3. The van der Waals surface area contributed by atoms with Crippen LogP contribution in [0.3, 0.4) is 0 Å². The van der Waals surface area contributed by atoms with E-state index in [1.807, 2.05) is 19.1 Å². The van der Waals surface area contributed by atoms with E-state index in [1.165, 1.54) is 11.3 Å². The summed E-state index contributed by atoms with van der Waals surface area (Å²) < 4.78 is 16.5. The second kappa shape index (κ2) is 10.2. The maximum Gasteiger partial charge on any atom is 0.311 e. The highest BCUT2D eigenvalue weighted by atomic mass is 35.5. The number of ether oxygens (including phenoxy) is 3. The second-order valence-electron chi connectivity index (χ2n) is 8.01. The molecule has 0 saturated carbocycles. The Hall–Kier alpha value is -1.52. The molecule has 3 heterocycles. The van der Waals surface area contributed by atoms with Crippen LogP contribution in [0, 0.1) is 0 Å². The van der Waals surface area contributed by atoms with Gasteiger partial charge in [-0.3, -0.25) is 4.79 Å². The van der Waals surface area contributed by atoms with Crippen LogP contribution in [0.15, 0.2) is 46.5 Å². The van der Waals surface area contributed by atoms with Crippen molar-refractivity contribution in [1.82, 2.24) is 0 Å². The molecule has 3 N–H and O–H groups in total. The third-order valence-corrected chi connectivity index (χ3v) is 7.16. The van der Waals surface area contributed by atoms with Crippen molar-refractivity contribution < 1.29 is 34.3 Å². The molecule has 3 rings (SSSR count). The standard InChI is InChI=1S/C23H29ClO7S/c1-5-29-19(25)10-17-7-6-16(32-17)8-12(2)18(24)9-15-11-30-23(13(15)3)22(28)21(27)20(26)14(4)31-23/h6-7,9,14,20-22,26-28H,3,5,8,10-11H2,1-2,4H3/b15-9-,18-12-/t14-,20-,21+,22-,23+/m1/s1. The summed E-state index contributed by atoms with van der Waals surface area (Å²) in [6, 6.07) is 3.88. The second-order valence-corrected chi connectivity index (χ2v) is 9.67. The predicted octanol–water partition coefficient (Wildman–Crippen LogP) is 2.62. The van der Waals surface area contributed by atoms with Crippen molar-refractivity contribution in [3.05, 3.63) is 56.3 Å². The molecule has 1 aromatic heterocycles. The third-order valence-electron chi connectivity index (χ3n) is 5.64. The van der Waals surface area contributed by atoms with Gasteiger partial charge in [-0.2, -0.15) is 0 Å². The molecule has 0 amide bonds. The number of halogens is 1. The summed E-state index contributed by atoms with van der Waals surface area (Å²) in [7, 11) is 0. The highest BCUT2D eigenvalue weighted by Crippen LogP contribution is 2.44. The van der Waals surface area contributed by atoms with Gasteiger partial charge in [0.15, 0.2) is 0 Å². The summed E-state index contributed by atoms with van der Waals surface area (Å²) >= 11 is 8.08. The Bertz CT molecular complexity index is 937. The van der Waals surface area contributed by atoms with Crippen LogP contribution in [0.1, 0.15) is 30.5 Å². The van der Waals surface area contributed by atoms with Gasteiger partial charge in [-0.05, 0) is 50.1 Å². The average molecular weight is 485 g/mol. The highest BCUT2D eigenvalue weighted by Gasteiger charge is 2.58. The molecular formula is C23H29ClO7S. The largest absolute Gasteiger partial charge is 0.466 e. The molecule has 1 aromatic rings. The summed E-state index contributed by atoms with van der Waals surface area (Å²) in [5.41, 5.74) is 1.91. The minimum Gasteiger partial charge on any atom is -0.466 e. The van der Waals surface area contributed by atoms with Crippen molar-refractivity contribution in [3.63, 3.8) is 0 Å². The van der Waals surface area contributed by atoms with Crippen molar-refractivity contribution in [2.24, 2.45) is 0 Å². The van der Waals surface area contributed by atoms with Crippen LogP contribution in [0.2, 0.25) is 0 Å². The first-order chi connectivity index (χ1) is 15.1. The van der Waals surface area contributed by atoms with E-state index in [-0.39, 0.29) is 19.0 Å².